The minimum atomic E-state index is 0.142. The average molecular weight is 467 g/mol. The molecule has 9 heteroatoms. The Morgan fingerprint density at radius 2 is 0.944 bits per heavy atom. The fraction of sp³-hybridized carbons (Fsp3) is 0.0741. The zero-order valence-corrected chi connectivity index (χ0v) is 19.4. The molecule has 5 aromatic rings. The molecule has 3 heterocycles. The lowest BCUT2D eigenvalue weighted by Gasteiger charge is -2.07. The van der Waals surface area contributed by atoms with Gasteiger partial charge >= 0.3 is 0 Å². The van der Waals surface area contributed by atoms with E-state index in [1.807, 2.05) is 62.4 Å². The summed E-state index contributed by atoms with van der Waals surface area (Å²) >= 11 is 0. The van der Waals surface area contributed by atoms with Gasteiger partial charge in [0.15, 0.2) is 11.4 Å². The summed E-state index contributed by atoms with van der Waals surface area (Å²) < 4.78 is 0. The van der Waals surface area contributed by atoms with E-state index < -0.39 is 0 Å². The zero-order valence-electron chi connectivity index (χ0n) is 19.4. The second kappa shape index (κ2) is 9.45. The van der Waals surface area contributed by atoms with Crippen LogP contribution in [0.2, 0.25) is 0 Å². The Hall–Kier alpha value is -5.41. The molecule has 2 aromatic carbocycles. The normalized spacial score (nSPS) is 10.4. The number of benzene rings is 2. The molecule has 9 nitrogen and oxygen atoms in total. The summed E-state index contributed by atoms with van der Waals surface area (Å²) in [5.41, 5.74) is 5.55. The number of aromatic nitrogens is 7. The molecule has 0 aliphatic rings. The number of hydrogen-bond acceptors (Lipinski definition) is 9. The molecule has 5 rings (SSSR count). The van der Waals surface area contributed by atoms with Crippen LogP contribution in [0.15, 0.2) is 66.7 Å². The topological polar surface area (TPSA) is 138 Å². The number of nitrogens with zero attached hydrogens (tertiary/aromatic N) is 9. The molecule has 0 N–H and O–H groups in total. The van der Waals surface area contributed by atoms with E-state index >= 15 is 0 Å². The maximum atomic E-state index is 9.67. The highest BCUT2D eigenvalue weighted by Crippen LogP contribution is 2.24. The van der Waals surface area contributed by atoms with Gasteiger partial charge in [-0.1, -0.05) is 65.7 Å². The summed E-state index contributed by atoms with van der Waals surface area (Å²) in [6.07, 6.45) is 0. The van der Waals surface area contributed by atoms with Gasteiger partial charge < -0.3 is 0 Å². The predicted molar refractivity (Wildman–Crippen MR) is 132 cm³/mol. The van der Waals surface area contributed by atoms with Gasteiger partial charge in [-0.15, -0.1) is 20.4 Å². The largest absolute Gasteiger partial charge is 0.241 e. The summed E-state index contributed by atoms with van der Waals surface area (Å²) in [6, 6.07) is 24.6. The predicted octanol–water partition coefficient (Wildman–Crippen LogP) is 4.48. The third-order valence-corrected chi connectivity index (χ3v) is 5.44. The molecule has 36 heavy (non-hydrogen) atoms. The van der Waals surface area contributed by atoms with Crippen molar-refractivity contribution in [2.45, 2.75) is 13.8 Å². The van der Waals surface area contributed by atoms with Gasteiger partial charge in [-0.3, -0.25) is 0 Å². The number of rotatable bonds is 4. The summed E-state index contributed by atoms with van der Waals surface area (Å²) in [6.45, 7) is 3.96. The molecule has 0 amide bonds. The quantitative estimate of drug-likeness (QED) is 0.374. The van der Waals surface area contributed by atoms with Crippen molar-refractivity contribution >= 4 is 0 Å². The highest BCUT2D eigenvalue weighted by atomic mass is 15.2. The Kier molecular flexibility index (Phi) is 5.88. The van der Waals surface area contributed by atoms with Gasteiger partial charge in [0.25, 0.3) is 0 Å². The first-order chi connectivity index (χ1) is 17.6. The van der Waals surface area contributed by atoms with E-state index in [-0.39, 0.29) is 23.0 Å². The van der Waals surface area contributed by atoms with Gasteiger partial charge in [0.05, 0.1) is 0 Å². The summed E-state index contributed by atoms with van der Waals surface area (Å²) in [5, 5.41) is 36.2. The minimum absolute atomic E-state index is 0.142. The first kappa shape index (κ1) is 22.4. The highest BCUT2D eigenvalue weighted by Gasteiger charge is 2.16. The summed E-state index contributed by atoms with van der Waals surface area (Å²) in [4.78, 5) is 13.3. The Labute approximate surface area is 206 Å². The van der Waals surface area contributed by atoms with E-state index in [2.05, 4.69) is 47.5 Å². The number of aryl methyl sites for hydroxylation is 2. The monoisotopic (exact) mass is 467 g/mol. The number of hydrogen-bond donors (Lipinski definition) is 0. The van der Waals surface area contributed by atoms with Crippen LogP contribution in [0, 0.1) is 36.5 Å². The Bertz CT molecular complexity index is 1540. The lowest BCUT2D eigenvalue weighted by atomic mass is 10.1. The maximum absolute atomic E-state index is 9.67. The lowest BCUT2D eigenvalue weighted by molar-refractivity contribution is 0.953. The van der Waals surface area contributed by atoms with Crippen LogP contribution in [0.1, 0.15) is 22.5 Å². The molecule has 0 aliphatic heterocycles. The maximum Gasteiger partial charge on any atom is 0.201 e. The van der Waals surface area contributed by atoms with Crippen molar-refractivity contribution in [3.8, 4) is 57.7 Å². The first-order valence-corrected chi connectivity index (χ1v) is 11.0. The van der Waals surface area contributed by atoms with Crippen molar-refractivity contribution < 1.29 is 0 Å². The van der Waals surface area contributed by atoms with Gasteiger partial charge in [0.1, 0.15) is 34.9 Å². The Morgan fingerprint density at radius 1 is 0.528 bits per heavy atom. The molecule has 170 valence electrons. The minimum Gasteiger partial charge on any atom is -0.241 e. The molecular weight excluding hydrogens is 450 g/mol. The molecule has 0 unspecified atom stereocenters. The fourth-order valence-electron chi connectivity index (χ4n) is 3.52. The van der Waals surface area contributed by atoms with Crippen LogP contribution in [0.3, 0.4) is 0 Å². The van der Waals surface area contributed by atoms with Gasteiger partial charge in [-0.25, -0.2) is 15.0 Å². The van der Waals surface area contributed by atoms with Crippen molar-refractivity contribution in [3.05, 3.63) is 89.2 Å². The van der Waals surface area contributed by atoms with Crippen LogP contribution in [-0.4, -0.2) is 35.3 Å². The molecule has 0 bridgehead atoms. The molecule has 0 aliphatic carbocycles. The number of pyridine rings is 1. The van der Waals surface area contributed by atoms with Crippen molar-refractivity contribution in [2.75, 3.05) is 0 Å². The van der Waals surface area contributed by atoms with E-state index in [9.17, 15) is 10.5 Å². The molecular formula is C27H17N9. The van der Waals surface area contributed by atoms with E-state index in [0.717, 1.165) is 22.3 Å². The summed E-state index contributed by atoms with van der Waals surface area (Å²) in [5.74, 6) is 0.378. The van der Waals surface area contributed by atoms with Crippen molar-refractivity contribution in [3.63, 3.8) is 0 Å². The van der Waals surface area contributed by atoms with Gasteiger partial charge in [-0.2, -0.15) is 10.5 Å². The Morgan fingerprint density at radius 3 is 1.33 bits per heavy atom. The van der Waals surface area contributed by atoms with E-state index in [0.29, 0.717) is 22.8 Å². The smallest absolute Gasteiger partial charge is 0.201 e. The molecule has 0 radical (unpaired) electrons. The standard InChI is InChI=1S/C27H17N9/c1-16-6-10-18(11-7-16)24-22(14-28)31-26(35-33-24)20-4-3-5-21(30-20)27-32-23(15-29)25(34-36-27)19-12-8-17(2)9-13-19/h3-13H,1-2H3. The number of nitriles is 2. The SMILES string of the molecule is Cc1ccc(-c2nnc(-c3cccc(-c4nnc(-c5ccc(C)cc5)c(C#N)n4)n3)nc2C#N)cc1. The molecule has 3 aromatic heterocycles. The third kappa shape index (κ3) is 4.37. The molecule has 0 saturated heterocycles. The van der Waals surface area contributed by atoms with Crippen LogP contribution in [0.4, 0.5) is 0 Å². The second-order valence-corrected chi connectivity index (χ2v) is 8.03. The van der Waals surface area contributed by atoms with Crippen molar-refractivity contribution in [1.82, 2.24) is 35.3 Å². The molecule has 0 spiro atoms. The van der Waals surface area contributed by atoms with Crippen LogP contribution in [0.25, 0.3) is 45.6 Å². The molecule has 0 atom stereocenters. The Balaban J connectivity index is 1.51. The van der Waals surface area contributed by atoms with Gasteiger partial charge in [-0.05, 0) is 26.0 Å². The van der Waals surface area contributed by atoms with Crippen LogP contribution < -0.4 is 0 Å². The van der Waals surface area contributed by atoms with Crippen LogP contribution in [0.5, 0.6) is 0 Å². The van der Waals surface area contributed by atoms with Crippen molar-refractivity contribution in [2.24, 2.45) is 0 Å². The molecule has 0 saturated carbocycles. The highest BCUT2D eigenvalue weighted by molar-refractivity contribution is 5.67. The van der Waals surface area contributed by atoms with Gasteiger partial charge in [0.2, 0.25) is 11.6 Å². The van der Waals surface area contributed by atoms with E-state index in [1.165, 1.54) is 0 Å². The first-order valence-electron chi connectivity index (χ1n) is 11.0. The van der Waals surface area contributed by atoms with Gasteiger partial charge in [0, 0.05) is 11.1 Å². The average Bonchev–Trinajstić information content (AvgIpc) is 2.93. The zero-order chi connectivity index (χ0) is 25.1. The third-order valence-electron chi connectivity index (χ3n) is 5.44. The van der Waals surface area contributed by atoms with Crippen LogP contribution in [-0.2, 0) is 0 Å². The van der Waals surface area contributed by atoms with Crippen LogP contribution >= 0.6 is 0 Å². The van der Waals surface area contributed by atoms with Crippen molar-refractivity contribution in [1.29, 1.82) is 10.5 Å². The lowest BCUT2D eigenvalue weighted by Crippen LogP contribution is -2.04. The fourth-order valence-corrected chi connectivity index (χ4v) is 3.52. The second-order valence-electron chi connectivity index (χ2n) is 8.03. The van der Waals surface area contributed by atoms with E-state index in [1.54, 1.807) is 18.2 Å². The molecule has 0 fully saturated rings. The van der Waals surface area contributed by atoms with E-state index in [4.69, 9.17) is 0 Å². The summed E-state index contributed by atoms with van der Waals surface area (Å²) in [7, 11) is 0.